The van der Waals surface area contributed by atoms with Crippen LogP contribution in [0.1, 0.15) is 17.7 Å². The molecular weight excluding hydrogens is 390 g/mol. The van der Waals surface area contributed by atoms with Gasteiger partial charge in [0.1, 0.15) is 5.76 Å². The molecule has 2 aromatic rings. The Labute approximate surface area is 161 Å². The predicted molar refractivity (Wildman–Crippen MR) is 96.2 cm³/mol. The zero-order valence-electron chi connectivity index (χ0n) is 14.7. The van der Waals surface area contributed by atoms with E-state index in [4.69, 9.17) is 14.3 Å². The summed E-state index contributed by atoms with van der Waals surface area (Å²) in [7, 11) is -3.77. The summed E-state index contributed by atoms with van der Waals surface area (Å²) in [5.74, 6) is -0.893. The van der Waals surface area contributed by atoms with E-state index in [0.717, 1.165) is 0 Å². The van der Waals surface area contributed by atoms with Gasteiger partial charge in [-0.3, -0.25) is 14.9 Å². The maximum absolute atomic E-state index is 11.7. The largest absolute Gasteiger partial charge is 0.467 e. The van der Waals surface area contributed by atoms with E-state index in [2.05, 4.69) is 5.32 Å². The van der Waals surface area contributed by atoms with Gasteiger partial charge in [-0.05, 0) is 36.2 Å². The number of esters is 1. The van der Waals surface area contributed by atoms with E-state index >= 15 is 0 Å². The van der Waals surface area contributed by atoms with Gasteiger partial charge in [0.15, 0.2) is 6.61 Å². The van der Waals surface area contributed by atoms with Gasteiger partial charge in [-0.15, -0.1) is 0 Å². The first-order valence-electron chi connectivity index (χ1n) is 8.11. The van der Waals surface area contributed by atoms with Crippen molar-refractivity contribution < 1.29 is 32.0 Å². The number of furan rings is 1. The molecule has 28 heavy (non-hydrogen) atoms. The number of amides is 3. The fourth-order valence-electron chi connectivity index (χ4n) is 2.10. The number of urea groups is 1. The monoisotopic (exact) mass is 409 g/mol. The van der Waals surface area contributed by atoms with Crippen molar-refractivity contribution in [3.8, 4) is 0 Å². The fourth-order valence-corrected chi connectivity index (χ4v) is 2.61. The molecule has 150 valence electrons. The lowest BCUT2D eigenvalue weighted by atomic mass is 10.1. The van der Waals surface area contributed by atoms with Crippen LogP contribution in [0.3, 0.4) is 0 Å². The van der Waals surface area contributed by atoms with Gasteiger partial charge in [0.2, 0.25) is 10.0 Å². The Morgan fingerprint density at radius 3 is 2.43 bits per heavy atom. The van der Waals surface area contributed by atoms with Gasteiger partial charge in [0, 0.05) is 6.42 Å². The van der Waals surface area contributed by atoms with Crippen LogP contribution in [0.5, 0.6) is 0 Å². The van der Waals surface area contributed by atoms with Gasteiger partial charge in [0.25, 0.3) is 5.91 Å². The van der Waals surface area contributed by atoms with Gasteiger partial charge in [-0.1, -0.05) is 12.1 Å². The van der Waals surface area contributed by atoms with E-state index < -0.39 is 34.5 Å². The Bertz CT molecular complexity index is 922. The van der Waals surface area contributed by atoms with Crippen LogP contribution in [0.2, 0.25) is 0 Å². The molecule has 0 saturated carbocycles. The number of carbonyl (C=O) groups excluding carboxylic acids is 3. The molecule has 1 aromatic carbocycles. The number of hydrogen-bond donors (Lipinski definition) is 3. The van der Waals surface area contributed by atoms with Crippen molar-refractivity contribution >= 4 is 27.9 Å². The Kier molecular flexibility index (Phi) is 7.29. The third-order valence-electron chi connectivity index (χ3n) is 3.49. The highest BCUT2D eigenvalue weighted by Gasteiger charge is 2.12. The molecule has 0 spiro atoms. The molecule has 4 N–H and O–H groups in total. The number of rotatable bonds is 8. The van der Waals surface area contributed by atoms with E-state index in [9.17, 15) is 22.8 Å². The molecule has 3 amide bonds. The summed E-state index contributed by atoms with van der Waals surface area (Å²) in [6.07, 6.45) is 1.72. The topological polar surface area (TPSA) is 158 Å². The van der Waals surface area contributed by atoms with Crippen molar-refractivity contribution in [2.24, 2.45) is 5.14 Å². The number of hydrogen-bond acceptors (Lipinski definition) is 7. The van der Waals surface area contributed by atoms with E-state index in [-0.39, 0.29) is 24.3 Å². The number of sulfonamides is 1. The van der Waals surface area contributed by atoms with Crippen LogP contribution in [0.15, 0.2) is 52.0 Å². The van der Waals surface area contributed by atoms with Crippen molar-refractivity contribution in [3.63, 3.8) is 0 Å². The summed E-state index contributed by atoms with van der Waals surface area (Å²) in [6.45, 7) is -0.493. The van der Waals surface area contributed by atoms with Crippen molar-refractivity contribution in [2.75, 3.05) is 6.61 Å². The number of benzene rings is 1. The Hall–Kier alpha value is -3.18. The minimum absolute atomic E-state index is 0.0211. The second-order valence-electron chi connectivity index (χ2n) is 5.66. The summed E-state index contributed by atoms with van der Waals surface area (Å²) >= 11 is 0. The number of aryl methyl sites for hydroxylation is 1. The second-order valence-corrected chi connectivity index (χ2v) is 7.22. The minimum Gasteiger partial charge on any atom is -0.467 e. The summed E-state index contributed by atoms with van der Waals surface area (Å²) in [5, 5.41) is 9.43. The lowest BCUT2D eigenvalue weighted by Gasteiger charge is -2.07. The molecule has 0 aliphatic heterocycles. The first-order valence-corrected chi connectivity index (χ1v) is 9.66. The van der Waals surface area contributed by atoms with E-state index in [0.29, 0.717) is 11.3 Å². The van der Waals surface area contributed by atoms with Gasteiger partial charge in [-0.25, -0.2) is 18.4 Å². The van der Waals surface area contributed by atoms with Gasteiger partial charge in [-0.2, -0.15) is 0 Å². The fraction of sp³-hybridized carbons (Fsp3) is 0.235. The quantitative estimate of drug-likeness (QED) is 0.533. The van der Waals surface area contributed by atoms with Crippen molar-refractivity contribution in [1.29, 1.82) is 0 Å². The summed E-state index contributed by atoms with van der Waals surface area (Å²) in [5.41, 5.74) is 0.700. The maximum Gasteiger partial charge on any atom is 0.321 e. The number of imide groups is 1. The normalized spacial score (nSPS) is 10.9. The molecule has 2 rings (SSSR count). The molecule has 11 heteroatoms. The molecule has 0 radical (unpaired) electrons. The van der Waals surface area contributed by atoms with Crippen LogP contribution in [-0.2, 0) is 37.3 Å². The number of primary sulfonamides is 1. The molecule has 0 aliphatic rings. The first-order chi connectivity index (χ1) is 13.2. The predicted octanol–water partition coefficient (Wildman–Crippen LogP) is 0.429. The van der Waals surface area contributed by atoms with Crippen LogP contribution in [0, 0.1) is 0 Å². The van der Waals surface area contributed by atoms with Crippen LogP contribution >= 0.6 is 0 Å². The minimum atomic E-state index is -3.77. The molecule has 0 atom stereocenters. The molecule has 1 aromatic heterocycles. The SMILES string of the molecule is NS(=O)(=O)c1ccc(CCC(=O)OCC(=O)NC(=O)NCc2ccco2)cc1. The smallest absolute Gasteiger partial charge is 0.321 e. The van der Waals surface area contributed by atoms with Crippen molar-refractivity contribution in [2.45, 2.75) is 24.3 Å². The van der Waals surface area contributed by atoms with Crippen LogP contribution in [0.25, 0.3) is 0 Å². The van der Waals surface area contributed by atoms with Crippen LogP contribution in [0.4, 0.5) is 4.79 Å². The zero-order valence-corrected chi connectivity index (χ0v) is 15.5. The van der Waals surface area contributed by atoms with E-state index in [1.165, 1.54) is 30.5 Å². The van der Waals surface area contributed by atoms with Crippen molar-refractivity contribution in [1.82, 2.24) is 10.6 Å². The number of nitrogens with one attached hydrogen (secondary N) is 2. The average Bonchev–Trinajstić information content (AvgIpc) is 3.16. The first kappa shape index (κ1) is 21.1. The highest BCUT2D eigenvalue weighted by atomic mass is 32.2. The zero-order chi connectivity index (χ0) is 20.6. The third kappa shape index (κ3) is 7.21. The highest BCUT2D eigenvalue weighted by Crippen LogP contribution is 2.10. The summed E-state index contributed by atoms with van der Waals surface area (Å²) in [6, 6.07) is 8.31. The standard InChI is InChI=1S/C17H19N3O7S/c18-28(24,25)14-6-3-12(4-7-14)5-8-16(22)27-11-15(21)20-17(23)19-10-13-2-1-9-26-13/h1-4,6-7,9H,5,8,10-11H2,(H2,18,24,25)(H2,19,20,21,23). The van der Waals surface area contributed by atoms with Gasteiger partial charge < -0.3 is 14.5 Å². The lowest BCUT2D eigenvalue weighted by molar-refractivity contribution is -0.148. The van der Waals surface area contributed by atoms with Crippen LogP contribution < -0.4 is 15.8 Å². The van der Waals surface area contributed by atoms with E-state index in [1.807, 2.05) is 5.32 Å². The molecule has 1 heterocycles. The van der Waals surface area contributed by atoms with Crippen LogP contribution in [-0.4, -0.2) is 32.9 Å². The van der Waals surface area contributed by atoms with E-state index in [1.54, 1.807) is 12.1 Å². The number of carbonyl (C=O) groups is 3. The van der Waals surface area contributed by atoms with Gasteiger partial charge in [0.05, 0.1) is 17.7 Å². The molecular formula is C17H19N3O7S. The molecule has 0 aliphatic carbocycles. The molecule has 0 bridgehead atoms. The Morgan fingerprint density at radius 2 is 1.82 bits per heavy atom. The molecule has 10 nitrogen and oxygen atoms in total. The Balaban J connectivity index is 1.66. The summed E-state index contributed by atoms with van der Waals surface area (Å²) in [4.78, 5) is 34.8. The number of ether oxygens (including phenoxy) is 1. The average molecular weight is 409 g/mol. The summed E-state index contributed by atoms with van der Waals surface area (Å²) < 4.78 is 32.1. The lowest BCUT2D eigenvalue weighted by Crippen LogP contribution is -2.41. The second kappa shape index (κ2) is 9.67. The number of nitrogens with two attached hydrogens (primary N) is 1. The molecule has 0 saturated heterocycles. The molecule has 0 fully saturated rings. The third-order valence-corrected chi connectivity index (χ3v) is 4.42. The Morgan fingerprint density at radius 1 is 1.11 bits per heavy atom. The van der Waals surface area contributed by atoms with Crippen molar-refractivity contribution in [3.05, 3.63) is 54.0 Å². The molecule has 0 unspecified atom stereocenters. The highest BCUT2D eigenvalue weighted by molar-refractivity contribution is 7.89. The maximum atomic E-state index is 11.7. The van der Waals surface area contributed by atoms with Gasteiger partial charge >= 0.3 is 12.0 Å².